The van der Waals surface area contributed by atoms with E-state index in [2.05, 4.69) is 20.6 Å². The number of carbonyl (C=O) groups is 2. The lowest BCUT2D eigenvalue weighted by molar-refractivity contribution is -0.128. The lowest BCUT2D eigenvalue weighted by Crippen LogP contribution is -2.47. The van der Waals surface area contributed by atoms with Crippen LogP contribution in [0.15, 0.2) is 47.6 Å². The van der Waals surface area contributed by atoms with Crippen LogP contribution in [0, 0.1) is 0 Å². The minimum Gasteiger partial charge on any atom is -0.477 e. The Kier molecular flexibility index (Phi) is 4.57. The van der Waals surface area contributed by atoms with Gasteiger partial charge in [-0.1, -0.05) is 12.1 Å². The molecule has 4 N–H and O–H groups in total. The van der Waals surface area contributed by atoms with Gasteiger partial charge in [0.05, 0.1) is 24.3 Å². The zero-order valence-corrected chi connectivity index (χ0v) is 16.2. The van der Waals surface area contributed by atoms with Gasteiger partial charge in [0.1, 0.15) is 11.3 Å². The van der Waals surface area contributed by atoms with Crippen LogP contribution in [0.25, 0.3) is 0 Å². The largest absolute Gasteiger partial charge is 0.477 e. The topological polar surface area (TPSA) is 122 Å². The second kappa shape index (κ2) is 7.08. The Morgan fingerprint density at radius 2 is 2.17 bits per heavy atom. The van der Waals surface area contributed by atoms with E-state index >= 15 is 0 Å². The van der Waals surface area contributed by atoms with Gasteiger partial charge in [-0.3, -0.25) is 19.5 Å². The fourth-order valence-corrected chi connectivity index (χ4v) is 3.34. The number of anilines is 2. The van der Waals surface area contributed by atoms with Crippen molar-refractivity contribution < 1.29 is 14.3 Å². The first kappa shape index (κ1) is 18.7. The smallest absolute Gasteiger partial charge is 0.267 e. The molecule has 1 aromatic carbocycles. The third-order valence-corrected chi connectivity index (χ3v) is 5.08. The van der Waals surface area contributed by atoms with Crippen LogP contribution in [0.5, 0.6) is 5.75 Å². The van der Waals surface area contributed by atoms with Gasteiger partial charge in [-0.2, -0.15) is 0 Å². The first-order valence-electron chi connectivity index (χ1n) is 9.24. The van der Waals surface area contributed by atoms with Gasteiger partial charge in [-0.15, -0.1) is 0 Å². The molecule has 0 bridgehead atoms. The zero-order valence-electron chi connectivity index (χ0n) is 16.2. The summed E-state index contributed by atoms with van der Waals surface area (Å²) < 4.78 is 5.79. The number of guanidine groups is 1. The number of hydrogen-bond donors (Lipinski definition) is 3. The fraction of sp³-hybridized carbons (Fsp3) is 0.300. The van der Waals surface area contributed by atoms with E-state index in [4.69, 9.17) is 10.5 Å². The third-order valence-electron chi connectivity index (χ3n) is 5.08. The van der Waals surface area contributed by atoms with Crippen molar-refractivity contribution in [1.29, 1.82) is 0 Å². The van der Waals surface area contributed by atoms with Crippen molar-refractivity contribution in [2.45, 2.75) is 25.0 Å². The number of hydrogen-bond acceptors (Lipinski definition) is 7. The van der Waals surface area contributed by atoms with Crippen LogP contribution in [0.2, 0.25) is 0 Å². The summed E-state index contributed by atoms with van der Waals surface area (Å²) in [5, 5.41) is 6.04. The first-order chi connectivity index (χ1) is 13.9. The van der Waals surface area contributed by atoms with Gasteiger partial charge in [0.2, 0.25) is 5.91 Å². The average molecular weight is 394 g/mol. The molecule has 0 radical (unpaired) electrons. The molecule has 2 aliphatic heterocycles. The number of aromatic nitrogens is 1. The Hall–Kier alpha value is -3.62. The number of nitrogens with zero attached hydrogens (tertiary/aromatic N) is 3. The summed E-state index contributed by atoms with van der Waals surface area (Å²) in [6, 6.07) is 10.8. The number of rotatable bonds is 3. The van der Waals surface area contributed by atoms with E-state index in [1.165, 1.54) is 4.90 Å². The maximum atomic E-state index is 12.7. The van der Waals surface area contributed by atoms with E-state index in [9.17, 15) is 9.59 Å². The van der Waals surface area contributed by atoms with Crippen molar-refractivity contribution in [1.82, 2.24) is 9.88 Å². The number of amides is 2. The van der Waals surface area contributed by atoms with Gasteiger partial charge < -0.3 is 21.1 Å². The molecule has 1 aromatic heterocycles. The van der Waals surface area contributed by atoms with Crippen LogP contribution in [0.1, 0.15) is 19.0 Å². The third kappa shape index (κ3) is 3.58. The molecule has 0 saturated heterocycles. The molecule has 0 fully saturated rings. The Balaban J connectivity index is 1.51. The number of fused-ring (bicyclic) bond motifs is 1. The van der Waals surface area contributed by atoms with Gasteiger partial charge in [-0.25, -0.2) is 4.99 Å². The summed E-state index contributed by atoms with van der Waals surface area (Å²) >= 11 is 0. The van der Waals surface area contributed by atoms with Gasteiger partial charge in [0, 0.05) is 18.9 Å². The SMILES string of the molecule is CN1C(=O)CC(C)(c2cc(NC(=O)C3CNc4ccccc4O3)ccn2)N=C1N. The van der Waals surface area contributed by atoms with Crippen molar-refractivity contribution in [3.63, 3.8) is 0 Å². The maximum absolute atomic E-state index is 12.7. The van der Waals surface area contributed by atoms with Crippen LogP contribution in [0.3, 0.4) is 0 Å². The molecule has 9 heteroatoms. The summed E-state index contributed by atoms with van der Waals surface area (Å²) in [7, 11) is 1.58. The highest BCUT2D eigenvalue weighted by molar-refractivity contribution is 5.99. The summed E-state index contributed by atoms with van der Waals surface area (Å²) in [6.45, 7) is 2.16. The number of pyridine rings is 1. The van der Waals surface area contributed by atoms with E-state index < -0.39 is 11.6 Å². The van der Waals surface area contributed by atoms with E-state index in [0.29, 0.717) is 23.7 Å². The number of benzene rings is 1. The predicted molar refractivity (Wildman–Crippen MR) is 109 cm³/mol. The summed E-state index contributed by atoms with van der Waals surface area (Å²) in [6.07, 6.45) is 1.04. The molecule has 4 rings (SSSR count). The van der Waals surface area contributed by atoms with E-state index in [-0.39, 0.29) is 24.2 Å². The van der Waals surface area contributed by atoms with Crippen molar-refractivity contribution >= 4 is 29.1 Å². The lowest BCUT2D eigenvalue weighted by atomic mass is 9.91. The van der Waals surface area contributed by atoms with Gasteiger partial charge in [-0.05, 0) is 31.2 Å². The Morgan fingerprint density at radius 3 is 2.97 bits per heavy atom. The van der Waals surface area contributed by atoms with E-state index in [1.807, 2.05) is 24.3 Å². The van der Waals surface area contributed by atoms with Crippen LogP contribution >= 0.6 is 0 Å². The molecule has 3 heterocycles. The lowest BCUT2D eigenvalue weighted by Gasteiger charge is -2.33. The van der Waals surface area contributed by atoms with Crippen molar-refractivity contribution in [3.8, 4) is 5.75 Å². The van der Waals surface area contributed by atoms with Crippen LogP contribution in [-0.4, -0.2) is 47.4 Å². The Bertz CT molecular complexity index is 1010. The summed E-state index contributed by atoms with van der Waals surface area (Å²) in [4.78, 5) is 35.0. The number of nitrogens with one attached hydrogen (secondary N) is 2. The number of para-hydroxylation sites is 2. The van der Waals surface area contributed by atoms with E-state index in [1.54, 1.807) is 32.3 Å². The molecule has 150 valence electrons. The van der Waals surface area contributed by atoms with Gasteiger partial charge in [0.15, 0.2) is 12.1 Å². The second-order valence-electron chi connectivity index (χ2n) is 7.28. The molecule has 0 spiro atoms. The highest BCUT2D eigenvalue weighted by Gasteiger charge is 2.37. The predicted octanol–water partition coefficient (Wildman–Crippen LogP) is 1.29. The van der Waals surface area contributed by atoms with Crippen LogP contribution < -0.4 is 21.1 Å². The standard InChI is InChI=1S/C20H22N6O3/c1-20(10-17(27)26(2)19(21)25-20)16-9-12(7-8-22-16)24-18(28)15-11-23-13-5-3-4-6-14(13)29-15/h3-9,15,23H,10-11H2,1-2H3,(H2,21,25)(H,22,24,28). The van der Waals surface area contributed by atoms with Crippen LogP contribution in [-0.2, 0) is 15.1 Å². The molecule has 29 heavy (non-hydrogen) atoms. The van der Waals surface area contributed by atoms with E-state index in [0.717, 1.165) is 5.69 Å². The minimum atomic E-state index is -0.893. The quantitative estimate of drug-likeness (QED) is 0.721. The molecule has 9 nitrogen and oxygen atoms in total. The highest BCUT2D eigenvalue weighted by Crippen LogP contribution is 2.33. The maximum Gasteiger partial charge on any atom is 0.267 e. The highest BCUT2D eigenvalue weighted by atomic mass is 16.5. The zero-order chi connectivity index (χ0) is 20.6. The Labute approximate surface area is 168 Å². The number of carbonyl (C=O) groups excluding carboxylic acids is 2. The minimum absolute atomic E-state index is 0.139. The number of aliphatic imine (C=N–C) groups is 1. The molecule has 2 aliphatic rings. The van der Waals surface area contributed by atoms with Crippen molar-refractivity contribution in [2.24, 2.45) is 10.7 Å². The first-order valence-corrected chi connectivity index (χ1v) is 9.24. The van der Waals surface area contributed by atoms with Gasteiger partial charge in [0.25, 0.3) is 5.91 Å². The molecule has 2 atom stereocenters. The normalized spacial score (nSPS) is 23.4. The second-order valence-corrected chi connectivity index (χ2v) is 7.28. The van der Waals surface area contributed by atoms with Gasteiger partial charge >= 0.3 is 0 Å². The monoisotopic (exact) mass is 394 g/mol. The summed E-state index contributed by atoms with van der Waals surface area (Å²) in [5.41, 5.74) is 6.93. The molecule has 2 aromatic rings. The number of ether oxygens (including phenoxy) is 1. The fourth-order valence-electron chi connectivity index (χ4n) is 3.34. The molecular formula is C20H22N6O3. The Morgan fingerprint density at radius 1 is 1.38 bits per heavy atom. The van der Waals surface area contributed by atoms with Crippen LogP contribution in [0.4, 0.5) is 11.4 Å². The van der Waals surface area contributed by atoms with Crippen molar-refractivity contribution in [3.05, 3.63) is 48.3 Å². The average Bonchev–Trinajstić information content (AvgIpc) is 2.72. The molecular weight excluding hydrogens is 372 g/mol. The molecule has 2 unspecified atom stereocenters. The summed E-state index contributed by atoms with van der Waals surface area (Å²) in [5.74, 6) is 0.352. The van der Waals surface area contributed by atoms with Crippen molar-refractivity contribution in [2.75, 3.05) is 24.2 Å². The molecule has 2 amide bonds. The molecule has 0 saturated carbocycles. The molecule has 0 aliphatic carbocycles. The number of nitrogens with two attached hydrogens (primary N) is 1.